The lowest BCUT2D eigenvalue weighted by Gasteiger charge is -2.28. The van der Waals surface area contributed by atoms with Crippen LogP contribution in [0.4, 0.5) is 4.79 Å². The van der Waals surface area contributed by atoms with Crippen molar-refractivity contribution in [3.8, 4) is 0 Å². The van der Waals surface area contributed by atoms with E-state index in [9.17, 15) is 4.79 Å². The van der Waals surface area contributed by atoms with Crippen molar-refractivity contribution in [3.63, 3.8) is 0 Å². The Hall–Kier alpha value is -0.770. The molecule has 1 heterocycles. The van der Waals surface area contributed by atoms with Crippen molar-refractivity contribution in [2.75, 3.05) is 13.2 Å². The quantitative estimate of drug-likeness (QED) is 0.814. The van der Waals surface area contributed by atoms with Gasteiger partial charge in [0.25, 0.3) is 0 Å². The molecule has 0 saturated carbocycles. The fraction of sp³-hybridized carbons (Fsp3) is 0.923. The van der Waals surface area contributed by atoms with Crippen LogP contribution in [0.15, 0.2) is 0 Å². The molecule has 0 radical (unpaired) electrons. The lowest BCUT2D eigenvalue weighted by atomic mass is 10.1. The lowest BCUT2D eigenvalue weighted by Crippen LogP contribution is -2.40. The third-order valence-electron chi connectivity index (χ3n) is 2.47. The van der Waals surface area contributed by atoms with E-state index in [0.717, 1.165) is 19.4 Å². The first kappa shape index (κ1) is 16.2. The minimum atomic E-state index is -0.441. The number of hydrogen-bond donors (Lipinski definition) is 1. The van der Waals surface area contributed by atoms with E-state index in [2.05, 4.69) is 0 Å². The number of carbonyl (C=O) groups excluding carboxylic acids is 1. The van der Waals surface area contributed by atoms with Gasteiger partial charge in [-0.3, -0.25) is 0 Å². The van der Waals surface area contributed by atoms with Crippen LogP contribution >= 0.6 is 0 Å². The molecule has 0 aromatic rings. The highest BCUT2D eigenvalue weighted by Gasteiger charge is 2.31. The Bertz CT molecular complexity index is 223. The minimum absolute atomic E-state index is 0.129. The molecule has 1 atom stereocenters. The number of hydrogen-bond acceptors (Lipinski definition) is 3. The normalized spacial score (nSPS) is 19.6. The summed E-state index contributed by atoms with van der Waals surface area (Å²) in [4.78, 5) is 13.5. The molecule has 1 fully saturated rings. The fourth-order valence-electron chi connectivity index (χ4n) is 1.85. The van der Waals surface area contributed by atoms with E-state index in [-0.39, 0.29) is 18.7 Å². The van der Waals surface area contributed by atoms with E-state index in [1.807, 2.05) is 34.6 Å². The van der Waals surface area contributed by atoms with Crippen molar-refractivity contribution in [1.29, 1.82) is 0 Å². The molecule has 1 aliphatic heterocycles. The van der Waals surface area contributed by atoms with Crippen molar-refractivity contribution < 1.29 is 14.6 Å². The molecule has 1 rings (SSSR count). The Balaban J connectivity index is 0.00000121. The van der Waals surface area contributed by atoms with Gasteiger partial charge in [0.15, 0.2) is 0 Å². The fourth-order valence-corrected chi connectivity index (χ4v) is 1.85. The number of nitrogens with zero attached hydrogens (tertiary/aromatic N) is 1. The molecule has 0 bridgehead atoms. The molecular formula is C13H27NO3. The summed E-state index contributed by atoms with van der Waals surface area (Å²) in [5, 5.41) is 8.88. The molecule has 1 N–H and O–H groups in total. The maximum atomic E-state index is 11.8. The summed E-state index contributed by atoms with van der Waals surface area (Å²) in [5.74, 6) is 0. The lowest BCUT2D eigenvalue weighted by molar-refractivity contribution is 0.0209. The topological polar surface area (TPSA) is 49.8 Å². The van der Waals surface area contributed by atoms with Gasteiger partial charge in [-0.2, -0.15) is 0 Å². The van der Waals surface area contributed by atoms with Crippen molar-refractivity contribution in [3.05, 3.63) is 0 Å². The molecular weight excluding hydrogens is 218 g/mol. The van der Waals surface area contributed by atoms with E-state index >= 15 is 0 Å². The molecule has 0 aromatic heterocycles. The average Bonchev–Trinajstić information content (AvgIpc) is 2.67. The van der Waals surface area contributed by atoms with E-state index < -0.39 is 5.60 Å². The highest BCUT2D eigenvalue weighted by atomic mass is 16.6. The molecule has 1 amide bonds. The van der Waals surface area contributed by atoms with Gasteiger partial charge < -0.3 is 14.7 Å². The van der Waals surface area contributed by atoms with Crippen molar-refractivity contribution >= 4 is 6.09 Å². The van der Waals surface area contributed by atoms with Gasteiger partial charge in [-0.15, -0.1) is 0 Å². The van der Waals surface area contributed by atoms with Gasteiger partial charge in [-0.1, -0.05) is 13.8 Å². The summed E-state index contributed by atoms with van der Waals surface area (Å²) in [5.41, 5.74) is -0.441. The van der Waals surface area contributed by atoms with E-state index in [4.69, 9.17) is 9.84 Å². The van der Waals surface area contributed by atoms with Gasteiger partial charge >= 0.3 is 6.09 Å². The SMILES string of the molecule is CC.CC(C)(C)OC(=O)N1CCC[C@@H]1CCO. The zero-order valence-corrected chi connectivity index (χ0v) is 11.8. The Labute approximate surface area is 105 Å². The number of ether oxygens (including phenoxy) is 1. The van der Waals surface area contributed by atoms with Gasteiger partial charge in [-0.05, 0) is 40.0 Å². The summed E-state index contributed by atoms with van der Waals surface area (Å²) in [6, 6.07) is 0.157. The molecule has 0 spiro atoms. The molecule has 0 aliphatic carbocycles. The smallest absolute Gasteiger partial charge is 0.410 e. The van der Waals surface area contributed by atoms with Gasteiger partial charge in [0.05, 0.1) is 0 Å². The Morgan fingerprint density at radius 1 is 1.41 bits per heavy atom. The maximum Gasteiger partial charge on any atom is 0.410 e. The Morgan fingerprint density at radius 2 is 2.00 bits per heavy atom. The van der Waals surface area contributed by atoms with Crippen LogP contribution in [-0.2, 0) is 4.74 Å². The molecule has 4 nitrogen and oxygen atoms in total. The number of likely N-dealkylation sites (tertiary alicyclic amines) is 1. The Morgan fingerprint density at radius 3 is 2.47 bits per heavy atom. The standard InChI is InChI=1S/C11H21NO3.C2H6/c1-11(2,3)15-10(14)12-7-4-5-9(12)6-8-13;1-2/h9,13H,4-8H2,1-3H3;1-2H3/t9-;/m1./s1. The first-order chi connectivity index (χ1) is 7.94. The van der Waals surface area contributed by atoms with E-state index in [1.165, 1.54) is 0 Å². The second-order valence-corrected chi connectivity index (χ2v) is 4.98. The number of carbonyl (C=O) groups is 1. The zero-order chi connectivity index (χ0) is 13.5. The third kappa shape index (κ3) is 5.91. The molecule has 1 saturated heterocycles. The third-order valence-corrected chi connectivity index (χ3v) is 2.47. The predicted molar refractivity (Wildman–Crippen MR) is 69.0 cm³/mol. The number of aliphatic hydroxyl groups excluding tert-OH is 1. The van der Waals surface area contributed by atoms with Crippen molar-refractivity contribution in [2.45, 2.75) is 65.5 Å². The van der Waals surface area contributed by atoms with Crippen LogP contribution in [0, 0.1) is 0 Å². The van der Waals surface area contributed by atoms with Gasteiger partial charge in [-0.25, -0.2) is 4.79 Å². The molecule has 0 aromatic carbocycles. The first-order valence-electron chi connectivity index (χ1n) is 6.54. The van der Waals surface area contributed by atoms with Crippen molar-refractivity contribution in [1.82, 2.24) is 4.90 Å². The number of rotatable bonds is 2. The molecule has 102 valence electrons. The average molecular weight is 245 g/mol. The van der Waals surface area contributed by atoms with E-state index in [1.54, 1.807) is 4.90 Å². The van der Waals surface area contributed by atoms with E-state index in [0.29, 0.717) is 6.42 Å². The van der Waals surface area contributed by atoms with Crippen LogP contribution < -0.4 is 0 Å². The zero-order valence-electron chi connectivity index (χ0n) is 11.8. The van der Waals surface area contributed by atoms with Gasteiger partial charge in [0.2, 0.25) is 0 Å². The van der Waals surface area contributed by atoms with Gasteiger partial charge in [0, 0.05) is 19.2 Å². The number of aliphatic hydroxyl groups is 1. The summed E-state index contributed by atoms with van der Waals surface area (Å²) in [6.07, 6.45) is 2.38. The Kier molecular flexibility index (Phi) is 7.19. The second-order valence-electron chi connectivity index (χ2n) is 4.98. The highest BCUT2D eigenvalue weighted by molar-refractivity contribution is 5.68. The predicted octanol–water partition coefficient (Wildman–Crippen LogP) is 2.79. The van der Waals surface area contributed by atoms with Crippen LogP contribution in [0.1, 0.15) is 53.9 Å². The van der Waals surface area contributed by atoms with Crippen LogP contribution in [0.5, 0.6) is 0 Å². The molecule has 0 unspecified atom stereocenters. The van der Waals surface area contributed by atoms with Crippen molar-refractivity contribution in [2.24, 2.45) is 0 Å². The second kappa shape index (κ2) is 7.54. The molecule has 4 heteroatoms. The molecule has 1 aliphatic rings. The summed E-state index contributed by atoms with van der Waals surface area (Å²) >= 11 is 0. The van der Waals surface area contributed by atoms with Crippen LogP contribution in [0.2, 0.25) is 0 Å². The molecule has 17 heavy (non-hydrogen) atoms. The van der Waals surface area contributed by atoms with Crippen LogP contribution in [-0.4, -0.2) is 40.9 Å². The van der Waals surface area contributed by atoms with Crippen LogP contribution in [0.3, 0.4) is 0 Å². The monoisotopic (exact) mass is 245 g/mol. The summed E-state index contributed by atoms with van der Waals surface area (Å²) in [6.45, 7) is 10.5. The van der Waals surface area contributed by atoms with Gasteiger partial charge in [0.1, 0.15) is 5.60 Å². The largest absolute Gasteiger partial charge is 0.444 e. The maximum absolute atomic E-state index is 11.8. The first-order valence-corrected chi connectivity index (χ1v) is 6.54. The minimum Gasteiger partial charge on any atom is -0.444 e. The summed E-state index contributed by atoms with van der Waals surface area (Å²) < 4.78 is 5.30. The highest BCUT2D eigenvalue weighted by Crippen LogP contribution is 2.22. The summed E-state index contributed by atoms with van der Waals surface area (Å²) in [7, 11) is 0. The number of amides is 1. The van der Waals surface area contributed by atoms with Crippen LogP contribution in [0.25, 0.3) is 0 Å².